The molecule has 1 amide bonds. The lowest BCUT2D eigenvalue weighted by Gasteiger charge is -2.37. The van der Waals surface area contributed by atoms with Gasteiger partial charge in [0.1, 0.15) is 0 Å². The third-order valence-electron chi connectivity index (χ3n) is 5.79. The standard InChI is InChI=1S/C24H33N3O2/c1-19-10-11-20(2)22(18-19)27-16-14-26(15-17-27)13-7-12-25-23(28)24(3,29)21-8-5-4-6-9-21/h4-6,8-11,18,29H,7,12-17H2,1-3H3,(H,25,28)/t24-/m1/s1. The van der Waals surface area contributed by atoms with Crippen molar-refractivity contribution >= 4 is 11.6 Å². The number of carbonyl (C=O) groups is 1. The predicted octanol–water partition coefficient (Wildman–Crippen LogP) is 2.84. The Morgan fingerprint density at radius 3 is 2.45 bits per heavy atom. The van der Waals surface area contributed by atoms with Gasteiger partial charge in [0.05, 0.1) is 0 Å². The summed E-state index contributed by atoms with van der Waals surface area (Å²) in [6.45, 7) is 11.5. The maximum atomic E-state index is 12.4. The number of benzene rings is 2. The molecule has 0 aromatic heterocycles. The Morgan fingerprint density at radius 1 is 1.07 bits per heavy atom. The van der Waals surface area contributed by atoms with Gasteiger partial charge in [0, 0.05) is 38.4 Å². The van der Waals surface area contributed by atoms with E-state index >= 15 is 0 Å². The summed E-state index contributed by atoms with van der Waals surface area (Å²) in [6, 6.07) is 15.7. The van der Waals surface area contributed by atoms with Crippen molar-refractivity contribution in [3.8, 4) is 0 Å². The SMILES string of the molecule is Cc1ccc(C)c(N2CCN(CCCNC(=O)[C@](C)(O)c3ccccc3)CC2)c1. The average molecular weight is 396 g/mol. The molecule has 2 aromatic carbocycles. The summed E-state index contributed by atoms with van der Waals surface area (Å²) in [7, 11) is 0. The second-order valence-corrected chi connectivity index (χ2v) is 8.17. The predicted molar refractivity (Wildman–Crippen MR) is 118 cm³/mol. The molecular weight excluding hydrogens is 362 g/mol. The van der Waals surface area contributed by atoms with Gasteiger partial charge in [-0.05, 0) is 56.5 Å². The minimum absolute atomic E-state index is 0.344. The van der Waals surface area contributed by atoms with Crippen molar-refractivity contribution in [1.29, 1.82) is 0 Å². The molecule has 1 heterocycles. The molecule has 1 atom stereocenters. The van der Waals surface area contributed by atoms with Crippen LogP contribution in [0.4, 0.5) is 5.69 Å². The molecule has 0 unspecified atom stereocenters. The number of aliphatic hydroxyl groups is 1. The first-order chi connectivity index (χ1) is 13.9. The number of nitrogens with zero attached hydrogens (tertiary/aromatic N) is 2. The zero-order valence-corrected chi connectivity index (χ0v) is 17.8. The van der Waals surface area contributed by atoms with Gasteiger partial charge in [-0.25, -0.2) is 0 Å². The van der Waals surface area contributed by atoms with Crippen LogP contribution in [0.3, 0.4) is 0 Å². The van der Waals surface area contributed by atoms with Gasteiger partial charge >= 0.3 is 0 Å². The number of nitrogens with one attached hydrogen (secondary N) is 1. The maximum Gasteiger partial charge on any atom is 0.256 e. The lowest BCUT2D eigenvalue weighted by atomic mass is 9.95. The Bertz CT molecular complexity index is 812. The molecule has 0 bridgehead atoms. The van der Waals surface area contributed by atoms with Gasteiger partial charge in [0.15, 0.2) is 5.60 Å². The fraction of sp³-hybridized carbons (Fsp3) is 0.458. The van der Waals surface area contributed by atoms with E-state index in [4.69, 9.17) is 0 Å². The first-order valence-electron chi connectivity index (χ1n) is 10.5. The van der Waals surface area contributed by atoms with E-state index in [1.54, 1.807) is 19.1 Å². The zero-order valence-electron chi connectivity index (χ0n) is 17.8. The molecule has 0 radical (unpaired) electrons. The quantitative estimate of drug-likeness (QED) is 0.708. The van der Waals surface area contributed by atoms with Crippen LogP contribution in [0.2, 0.25) is 0 Å². The fourth-order valence-electron chi connectivity index (χ4n) is 3.84. The minimum atomic E-state index is -1.50. The lowest BCUT2D eigenvalue weighted by molar-refractivity contribution is -0.139. The van der Waals surface area contributed by atoms with Gasteiger partial charge in [0.2, 0.25) is 0 Å². The van der Waals surface area contributed by atoms with Crippen molar-refractivity contribution in [2.24, 2.45) is 0 Å². The summed E-state index contributed by atoms with van der Waals surface area (Å²) >= 11 is 0. The van der Waals surface area contributed by atoms with Crippen LogP contribution in [0.25, 0.3) is 0 Å². The van der Waals surface area contributed by atoms with Gasteiger partial charge in [-0.1, -0.05) is 42.5 Å². The van der Waals surface area contributed by atoms with Crippen LogP contribution in [-0.4, -0.2) is 55.2 Å². The van der Waals surface area contributed by atoms with Gasteiger partial charge in [0.25, 0.3) is 5.91 Å². The van der Waals surface area contributed by atoms with Crippen molar-refractivity contribution in [2.75, 3.05) is 44.2 Å². The molecule has 0 saturated carbocycles. The second kappa shape index (κ2) is 9.42. The molecule has 1 aliphatic rings. The Morgan fingerprint density at radius 2 is 1.76 bits per heavy atom. The van der Waals surface area contributed by atoms with Crippen LogP contribution >= 0.6 is 0 Å². The van der Waals surface area contributed by atoms with Crippen LogP contribution in [0, 0.1) is 13.8 Å². The Kier molecular flexibility index (Phi) is 6.93. The van der Waals surface area contributed by atoms with Gasteiger partial charge in [-0.2, -0.15) is 0 Å². The molecule has 1 aliphatic heterocycles. The summed E-state index contributed by atoms with van der Waals surface area (Å²) in [5.74, 6) is -0.344. The molecule has 29 heavy (non-hydrogen) atoms. The van der Waals surface area contributed by atoms with Crippen LogP contribution in [0.1, 0.15) is 30.0 Å². The number of anilines is 1. The molecule has 5 nitrogen and oxygen atoms in total. The highest BCUT2D eigenvalue weighted by Gasteiger charge is 2.31. The highest BCUT2D eigenvalue weighted by atomic mass is 16.3. The summed E-state index contributed by atoms with van der Waals surface area (Å²) in [5, 5.41) is 13.4. The lowest BCUT2D eigenvalue weighted by Crippen LogP contribution is -2.47. The van der Waals surface area contributed by atoms with E-state index in [2.05, 4.69) is 47.2 Å². The summed E-state index contributed by atoms with van der Waals surface area (Å²) in [4.78, 5) is 17.3. The van der Waals surface area contributed by atoms with Crippen LogP contribution < -0.4 is 10.2 Å². The molecule has 1 saturated heterocycles. The van der Waals surface area contributed by atoms with Crippen LogP contribution in [-0.2, 0) is 10.4 Å². The topological polar surface area (TPSA) is 55.8 Å². The molecule has 2 aromatic rings. The van der Waals surface area contributed by atoms with Gasteiger partial charge in [-0.3, -0.25) is 9.69 Å². The molecule has 5 heteroatoms. The first kappa shape index (κ1) is 21.3. The van der Waals surface area contributed by atoms with E-state index in [0.717, 1.165) is 39.1 Å². The molecule has 2 N–H and O–H groups in total. The van der Waals surface area contributed by atoms with Crippen LogP contribution in [0.5, 0.6) is 0 Å². The van der Waals surface area contributed by atoms with Crippen molar-refractivity contribution in [3.63, 3.8) is 0 Å². The van der Waals surface area contributed by atoms with E-state index < -0.39 is 5.60 Å². The van der Waals surface area contributed by atoms with Crippen molar-refractivity contribution in [1.82, 2.24) is 10.2 Å². The van der Waals surface area contributed by atoms with Gasteiger partial charge < -0.3 is 15.3 Å². The fourth-order valence-corrected chi connectivity index (χ4v) is 3.84. The highest BCUT2D eigenvalue weighted by molar-refractivity contribution is 5.85. The minimum Gasteiger partial charge on any atom is -0.376 e. The molecule has 0 aliphatic carbocycles. The van der Waals surface area contributed by atoms with E-state index in [0.29, 0.717) is 12.1 Å². The largest absolute Gasteiger partial charge is 0.376 e. The zero-order chi connectivity index (χ0) is 20.9. The molecule has 156 valence electrons. The number of carbonyl (C=O) groups excluding carboxylic acids is 1. The van der Waals surface area contributed by atoms with Gasteiger partial charge in [-0.15, -0.1) is 0 Å². The number of amides is 1. The second-order valence-electron chi connectivity index (χ2n) is 8.17. The number of hydrogen-bond acceptors (Lipinski definition) is 4. The number of piperazine rings is 1. The monoisotopic (exact) mass is 395 g/mol. The number of rotatable bonds is 7. The Hall–Kier alpha value is -2.37. The Balaban J connectivity index is 1.40. The van der Waals surface area contributed by atoms with Crippen LogP contribution in [0.15, 0.2) is 48.5 Å². The van der Waals surface area contributed by atoms with E-state index in [-0.39, 0.29) is 5.91 Å². The maximum absolute atomic E-state index is 12.4. The summed E-state index contributed by atoms with van der Waals surface area (Å²) < 4.78 is 0. The van der Waals surface area contributed by atoms with Crippen molar-refractivity contribution in [2.45, 2.75) is 32.8 Å². The molecule has 0 spiro atoms. The smallest absolute Gasteiger partial charge is 0.256 e. The Labute approximate surface area is 174 Å². The first-order valence-corrected chi connectivity index (χ1v) is 10.5. The van der Waals surface area contributed by atoms with E-state index in [9.17, 15) is 9.90 Å². The molecule has 1 fully saturated rings. The molecular formula is C24H33N3O2. The third-order valence-corrected chi connectivity index (χ3v) is 5.79. The third kappa shape index (κ3) is 5.37. The average Bonchev–Trinajstić information content (AvgIpc) is 2.74. The summed E-state index contributed by atoms with van der Waals surface area (Å²) in [5.41, 5.74) is 3.09. The highest BCUT2D eigenvalue weighted by Crippen LogP contribution is 2.23. The van der Waals surface area contributed by atoms with Crippen molar-refractivity contribution < 1.29 is 9.90 Å². The summed E-state index contributed by atoms with van der Waals surface area (Å²) in [6.07, 6.45) is 0.875. The van der Waals surface area contributed by atoms with Crippen molar-refractivity contribution in [3.05, 3.63) is 65.2 Å². The number of aryl methyl sites for hydroxylation is 2. The molecule has 3 rings (SSSR count). The number of hydrogen-bond donors (Lipinski definition) is 2. The normalized spacial score (nSPS) is 17.0. The van der Waals surface area contributed by atoms with E-state index in [1.165, 1.54) is 16.8 Å². The van der Waals surface area contributed by atoms with E-state index in [1.807, 2.05) is 18.2 Å².